The van der Waals surface area contributed by atoms with E-state index in [0.29, 0.717) is 0 Å². The van der Waals surface area contributed by atoms with Gasteiger partial charge in [0.1, 0.15) is 5.75 Å². The second-order valence-corrected chi connectivity index (χ2v) is 5.13. The van der Waals surface area contributed by atoms with Crippen molar-refractivity contribution in [2.45, 2.75) is 13.3 Å². The van der Waals surface area contributed by atoms with Crippen LogP contribution in [0, 0.1) is 3.57 Å². The summed E-state index contributed by atoms with van der Waals surface area (Å²) in [6.07, 6.45) is 1.08. The molecule has 1 aromatic heterocycles. The molecule has 0 aliphatic carbocycles. The summed E-state index contributed by atoms with van der Waals surface area (Å²) in [6, 6.07) is 4.25. The van der Waals surface area contributed by atoms with Gasteiger partial charge in [-0.25, -0.2) is 0 Å². The maximum absolute atomic E-state index is 5.37. The lowest BCUT2D eigenvalue weighted by atomic mass is 10.1. The highest BCUT2D eigenvalue weighted by molar-refractivity contribution is 14.1. The minimum atomic E-state index is 0.989. The molecule has 0 N–H and O–H groups in total. The summed E-state index contributed by atoms with van der Waals surface area (Å²) in [5, 5.41) is 3.37. The van der Waals surface area contributed by atoms with Gasteiger partial charge >= 0.3 is 0 Å². The van der Waals surface area contributed by atoms with E-state index in [1.807, 2.05) is 0 Å². The van der Waals surface area contributed by atoms with Crippen LogP contribution in [-0.4, -0.2) is 7.11 Å². The number of aryl methyl sites for hydroxylation is 1. The number of rotatable bonds is 2. The highest BCUT2D eigenvalue weighted by Crippen LogP contribution is 2.35. The standard InChI is InChI=1S/C11H11IOS/c1-3-7-9(12)6-10(13-2)8-4-5-14-11(7)8/h4-6H,3H2,1-2H3. The molecule has 0 atom stereocenters. The molecular formula is C11H11IOS. The molecule has 0 unspecified atom stereocenters. The Morgan fingerprint density at radius 1 is 1.50 bits per heavy atom. The normalized spacial score (nSPS) is 10.8. The van der Waals surface area contributed by atoms with E-state index in [-0.39, 0.29) is 0 Å². The molecule has 2 aromatic rings. The number of hydrogen-bond donors (Lipinski definition) is 0. The van der Waals surface area contributed by atoms with Gasteiger partial charge in [-0.05, 0) is 52.1 Å². The largest absolute Gasteiger partial charge is 0.496 e. The molecule has 14 heavy (non-hydrogen) atoms. The fourth-order valence-corrected chi connectivity index (χ4v) is 3.77. The van der Waals surface area contributed by atoms with Crippen LogP contribution in [0.4, 0.5) is 0 Å². The Balaban J connectivity index is 2.81. The zero-order valence-corrected chi connectivity index (χ0v) is 11.1. The lowest BCUT2D eigenvalue weighted by Gasteiger charge is -2.07. The first-order valence-corrected chi connectivity index (χ1v) is 6.46. The van der Waals surface area contributed by atoms with Gasteiger partial charge in [0.05, 0.1) is 7.11 Å². The second kappa shape index (κ2) is 4.06. The molecule has 0 radical (unpaired) electrons. The van der Waals surface area contributed by atoms with Crippen LogP contribution in [0.2, 0.25) is 0 Å². The molecular weight excluding hydrogens is 307 g/mol. The van der Waals surface area contributed by atoms with E-state index in [1.54, 1.807) is 18.4 Å². The smallest absolute Gasteiger partial charge is 0.128 e. The van der Waals surface area contributed by atoms with E-state index >= 15 is 0 Å². The van der Waals surface area contributed by atoms with E-state index in [0.717, 1.165) is 12.2 Å². The van der Waals surface area contributed by atoms with Crippen molar-refractivity contribution in [1.29, 1.82) is 0 Å². The average Bonchev–Trinajstić information content (AvgIpc) is 2.65. The number of halogens is 1. The topological polar surface area (TPSA) is 9.23 Å². The SMILES string of the molecule is CCc1c(I)cc(OC)c2ccsc12. The van der Waals surface area contributed by atoms with Gasteiger partial charge in [-0.2, -0.15) is 0 Å². The molecule has 1 nitrogen and oxygen atoms in total. The number of hydrogen-bond acceptors (Lipinski definition) is 2. The van der Waals surface area contributed by atoms with E-state index < -0.39 is 0 Å². The Hall–Kier alpha value is -0.290. The summed E-state index contributed by atoms with van der Waals surface area (Å²) in [4.78, 5) is 0. The Labute approximate surface area is 101 Å². The summed E-state index contributed by atoms with van der Waals surface area (Å²) in [5.74, 6) is 0.989. The maximum Gasteiger partial charge on any atom is 0.128 e. The predicted octanol–water partition coefficient (Wildman–Crippen LogP) is 4.08. The third-order valence-corrected chi connectivity index (χ3v) is 4.26. The Bertz CT molecular complexity index is 462. The van der Waals surface area contributed by atoms with Crippen LogP contribution < -0.4 is 4.74 Å². The van der Waals surface area contributed by atoms with E-state index in [4.69, 9.17) is 4.74 Å². The number of ether oxygens (including phenoxy) is 1. The quantitative estimate of drug-likeness (QED) is 0.758. The third-order valence-electron chi connectivity index (χ3n) is 2.32. The molecule has 1 heterocycles. The summed E-state index contributed by atoms with van der Waals surface area (Å²) in [7, 11) is 1.73. The Morgan fingerprint density at radius 3 is 2.93 bits per heavy atom. The number of thiophene rings is 1. The van der Waals surface area contributed by atoms with Crippen molar-refractivity contribution in [3.63, 3.8) is 0 Å². The second-order valence-electron chi connectivity index (χ2n) is 3.06. The molecule has 0 saturated heterocycles. The van der Waals surface area contributed by atoms with Crippen molar-refractivity contribution in [3.8, 4) is 5.75 Å². The van der Waals surface area contributed by atoms with Gasteiger partial charge < -0.3 is 4.74 Å². The van der Waals surface area contributed by atoms with Gasteiger partial charge in [-0.15, -0.1) is 11.3 Å². The van der Waals surface area contributed by atoms with Crippen LogP contribution in [0.25, 0.3) is 10.1 Å². The third kappa shape index (κ3) is 1.52. The van der Waals surface area contributed by atoms with Crippen molar-refractivity contribution in [2.75, 3.05) is 7.11 Å². The molecule has 1 aromatic carbocycles. The van der Waals surface area contributed by atoms with Crippen LogP contribution in [0.15, 0.2) is 17.5 Å². The van der Waals surface area contributed by atoms with Crippen LogP contribution in [0.3, 0.4) is 0 Å². The summed E-state index contributed by atoms with van der Waals surface area (Å²) >= 11 is 4.18. The molecule has 0 saturated carbocycles. The molecule has 0 fully saturated rings. The van der Waals surface area contributed by atoms with Crippen molar-refractivity contribution in [1.82, 2.24) is 0 Å². The molecule has 0 bridgehead atoms. The molecule has 3 heteroatoms. The van der Waals surface area contributed by atoms with Crippen LogP contribution in [-0.2, 0) is 6.42 Å². The highest BCUT2D eigenvalue weighted by Gasteiger charge is 2.10. The Morgan fingerprint density at radius 2 is 2.29 bits per heavy atom. The van der Waals surface area contributed by atoms with Gasteiger partial charge in [0.15, 0.2) is 0 Å². The van der Waals surface area contributed by atoms with Crippen molar-refractivity contribution >= 4 is 44.0 Å². The van der Waals surface area contributed by atoms with Crippen molar-refractivity contribution in [3.05, 3.63) is 26.6 Å². The van der Waals surface area contributed by atoms with Crippen molar-refractivity contribution in [2.24, 2.45) is 0 Å². The molecule has 0 aliphatic rings. The van der Waals surface area contributed by atoms with E-state index in [9.17, 15) is 0 Å². The van der Waals surface area contributed by atoms with E-state index in [1.165, 1.54) is 19.2 Å². The predicted molar refractivity (Wildman–Crippen MR) is 70.5 cm³/mol. The van der Waals surface area contributed by atoms with Gasteiger partial charge in [0, 0.05) is 13.7 Å². The minimum absolute atomic E-state index is 0.989. The van der Waals surface area contributed by atoms with Gasteiger partial charge in [-0.1, -0.05) is 6.92 Å². The van der Waals surface area contributed by atoms with Crippen LogP contribution in [0.1, 0.15) is 12.5 Å². The number of benzene rings is 1. The maximum atomic E-state index is 5.37. The molecule has 0 amide bonds. The number of methoxy groups -OCH3 is 1. The number of fused-ring (bicyclic) bond motifs is 1. The average molecular weight is 318 g/mol. The summed E-state index contributed by atoms with van der Waals surface area (Å²) in [5.41, 5.74) is 1.44. The monoisotopic (exact) mass is 318 g/mol. The van der Waals surface area contributed by atoms with Crippen molar-refractivity contribution < 1.29 is 4.74 Å². The Kier molecular flexibility index (Phi) is 2.97. The molecule has 0 aliphatic heterocycles. The van der Waals surface area contributed by atoms with Gasteiger partial charge in [0.25, 0.3) is 0 Å². The molecule has 0 spiro atoms. The van der Waals surface area contributed by atoms with Gasteiger partial charge in [0.2, 0.25) is 0 Å². The van der Waals surface area contributed by atoms with E-state index in [2.05, 4.69) is 47.0 Å². The molecule has 2 rings (SSSR count). The fourth-order valence-electron chi connectivity index (χ4n) is 1.62. The minimum Gasteiger partial charge on any atom is -0.496 e. The zero-order valence-electron chi connectivity index (χ0n) is 8.13. The first-order valence-electron chi connectivity index (χ1n) is 4.50. The highest BCUT2D eigenvalue weighted by atomic mass is 127. The van der Waals surface area contributed by atoms with Crippen LogP contribution in [0.5, 0.6) is 5.75 Å². The lowest BCUT2D eigenvalue weighted by Crippen LogP contribution is -1.90. The first kappa shape index (κ1) is 10.2. The summed E-state index contributed by atoms with van der Waals surface area (Å²) < 4.78 is 8.04. The first-order chi connectivity index (χ1) is 6.77. The lowest BCUT2D eigenvalue weighted by molar-refractivity contribution is 0.419. The molecule has 74 valence electrons. The summed E-state index contributed by atoms with van der Waals surface area (Å²) in [6.45, 7) is 2.20. The van der Waals surface area contributed by atoms with Gasteiger partial charge in [-0.3, -0.25) is 0 Å². The zero-order chi connectivity index (χ0) is 10.1. The fraction of sp³-hybridized carbons (Fsp3) is 0.273. The van der Waals surface area contributed by atoms with Crippen LogP contribution >= 0.6 is 33.9 Å².